The molecule has 1 aromatic carbocycles. The van der Waals surface area contributed by atoms with Crippen LogP contribution in [0.25, 0.3) is 0 Å². The van der Waals surface area contributed by atoms with Crippen molar-refractivity contribution < 1.29 is 14.6 Å². The van der Waals surface area contributed by atoms with Crippen molar-refractivity contribution in [3.63, 3.8) is 0 Å². The molecule has 4 nitrogen and oxygen atoms in total. The number of hydrogen-bond donors (Lipinski definition) is 1. The molecule has 0 fully saturated rings. The summed E-state index contributed by atoms with van der Waals surface area (Å²) in [6.07, 6.45) is 0.594. The van der Waals surface area contributed by atoms with E-state index in [2.05, 4.69) is 20.9 Å². The zero-order valence-corrected chi connectivity index (χ0v) is 13.3. The normalized spacial score (nSPS) is 12.1. The van der Waals surface area contributed by atoms with Crippen molar-refractivity contribution in [1.29, 1.82) is 0 Å². The first-order valence-electron chi connectivity index (χ1n) is 5.79. The highest BCUT2D eigenvalue weighted by atomic mass is 79.9. The number of benzene rings is 1. The Morgan fingerprint density at radius 1 is 1.25 bits per heavy atom. The van der Waals surface area contributed by atoms with E-state index in [9.17, 15) is 5.11 Å². The number of hydrogen-bond acceptors (Lipinski definition) is 4. The Morgan fingerprint density at radius 3 is 2.60 bits per heavy atom. The van der Waals surface area contributed by atoms with Gasteiger partial charge in [-0.15, -0.1) is 0 Å². The first-order valence-corrected chi connectivity index (χ1v) is 6.96. The predicted octanol–water partition coefficient (Wildman–Crippen LogP) is 3.60. The lowest BCUT2D eigenvalue weighted by Gasteiger charge is -2.18. The molecule has 1 unspecified atom stereocenters. The van der Waals surface area contributed by atoms with Gasteiger partial charge in [-0.25, -0.2) is 0 Å². The predicted molar refractivity (Wildman–Crippen MR) is 80.6 cm³/mol. The van der Waals surface area contributed by atoms with Crippen LogP contribution in [0.5, 0.6) is 11.5 Å². The summed E-state index contributed by atoms with van der Waals surface area (Å²) in [6, 6.07) is 6.85. The Bertz CT molecular complexity index is 621. The highest BCUT2D eigenvalue weighted by Crippen LogP contribution is 2.41. The van der Waals surface area contributed by atoms with E-state index in [4.69, 9.17) is 21.1 Å². The van der Waals surface area contributed by atoms with Crippen LogP contribution in [0.4, 0.5) is 0 Å². The van der Waals surface area contributed by atoms with E-state index in [1.807, 2.05) is 0 Å². The standard InChI is InChI=1S/C14H13BrClNO3/c1-19-10-6-5-8(14(20-2)11(10)15)13(18)12-9(16)4-3-7-17-12/h3-7,13,18H,1-2H3. The maximum Gasteiger partial charge on any atom is 0.143 e. The van der Waals surface area contributed by atoms with E-state index in [1.54, 1.807) is 37.6 Å². The lowest BCUT2D eigenvalue weighted by molar-refractivity contribution is 0.209. The number of halogens is 2. The minimum absolute atomic E-state index is 0.379. The molecule has 20 heavy (non-hydrogen) atoms. The van der Waals surface area contributed by atoms with Crippen LogP contribution in [0.1, 0.15) is 17.4 Å². The van der Waals surface area contributed by atoms with Gasteiger partial charge in [-0.3, -0.25) is 4.98 Å². The maximum absolute atomic E-state index is 10.5. The van der Waals surface area contributed by atoms with E-state index < -0.39 is 6.10 Å². The van der Waals surface area contributed by atoms with Crippen LogP contribution in [-0.2, 0) is 0 Å². The quantitative estimate of drug-likeness (QED) is 0.907. The average Bonchev–Trinajstić information content (AvgIpc) is 2.46. The highest BCUT2D eigenvalue weighted by molar-refractivity contribution is 9.10. The van der Waals surface area contributed by atoms with Gasteiger partial charge in [0.2, 0.25) is 0 Å². The Kier molecular flexibility index (Phi) is 4.86. The average molecular weight is 359 g/mol. The molecule has 2 aromatic rings. The van der Waals surface area contributed by atoms with Crippen LogP contribution in [0.15, 0.2) is 34.9 Å². The van der Waals surface area contributed by atoms with Crippen LogP contribution in [-0.4, -0.2) is 24.3 Å². The van der Waals surface area contributed by atoms with Crippen molar-refractivity contribution in [2.45, 2.75) is 6.10 Å². The molecule has 0 radical (unpaired) electrons. The molecule has 2 rings (SSSR count). The summed E-state index contributed by atoms with van der Waals surface area (Å²) in [5, 5.41) is 10.9. The van der Waals surface area contributed by atoms with Crippen molar-refractivity contribution in [3.8, 4) is 11.5 Å². The SMILES string of the molecule is COc1ccc(C(O)c2ncccc2Cl)c(OC)c1Br. The molecule has 0 saturated carbocycles. The van der Waals surface area contributed by atoms with Crippen LogP contribution >= 0.6 is 27.5 Å². The zero-order valence-electron chi connectivity index (χ0n) is 10.9. The van der Waals surface area contributed by atoms with Gasteiger partial charge in [0.1, 0.15) is 22.1 Å². The molecule has 0 aliphatic carbocycles. The van der Waals surface area contributed by atoms with Gasteiger partial charge in [0.25, 0.3) is 0 Å². The molecular formula is C14H13BrClNO3. The van der Waals surface area contributed by atoms with Crippen molar-refractivity contribution in [3.05, 3.63) is 51.2 Å². The highest BCUT2D eigenvalue weighted by Gasteiger charge is 2.22. The smallest absolute Gasteiger partial charge is 0.143 e. The third-order valence-electron chi connectivity index (χ3n) is 2.86. The lowest BCUT2D eigenvalue weighted by Crippen LogP contribution is -2.06. The van der Waals surface area contributed by atoms with Crippen LogP contribution in [0.3, 0.4) is 0 Å². The molecule has 0 aliphatic rings. The number of ether oxygens (including phenoxy) is 2. The Hall–Kier alpha value is -1.30. The molecule has 0 aliphatic heterocycles. The Morgan fingerprint density at radius 2 is 2.00 bits per heavy atom. The summed E-state index contributed by atoms with van der Waals surface area (Å²) in [4.78, 5) is 4.12. The van der Waals surface area contributed by atoms with Gasteiger partial charge in [0.15, 0.2) is 0 Å². The van der Waals surface area contributed by atoms with Crippen LogP contribution in [0, 0.1) is 0 Å². The molecule has 1 N–H and O–H groups in total. The van der Waals surface area contributed by atoms with E-state index >= 15 is 0 Å². The molecule has 0 amide bonds. The Balaban J connectivity index is 2.53. The topological polar surface area (TPSA) is 51.6 Å². The van der Waals surface area contributed by atoms with Gasteiger partial charge in [0.05, 0.1) is 24.9 Å². The fourth-order valence-corrected chi connectivity index (χ4v) is 2.79. The molecule has 106 valence electrons. The summed E-state index contributed by atoms with van der Waals surface area (Å²) in [6.45, 7) is 0. The third-order valence-corrected chi connectivity index (χ3v) is 3.93. The number of pyridine rings is 1. The minimum Gasteiger partial charge on any atom is -0.495 e. The van der Waals surface area contributed by atoms with Crippen LogP contribution in [0.2, 0.25) is 5.02 Å². The van der Waals surface area contributed by atoms with Crippen molar-refractivity contribution in [1.82, 2.24) is 4.98 Å². The van der Waals surface area contributed by atoms with Crippen LogP contribution < -0.4 is 9.47 Å². The summed E-state index contributed by atoms with van der Waals surface area (Å²) in [5.74, 6) is 1.10. The first-order chi connectivity index (χ1) is 9.60. The number of rotatable bonds is 4. The number of nitrogens with zero attached hydrogens (tertiary/aromatic N) is 1. The van der Waals surface area contributed by atoms with Crippen molar-refractivity contribution in [2.75, 3.05) is 14.2 Å². The summed E-state index contributed by atoms with van der Waals surface area (Å²) >= 11 is 9.46. The molecule has 1 heterocycles. The largest absolute Gasteiger partial charge is 0.495 e. The summed E-state index contributed by atoms with van der Waals surface area (Å²) < 4.78 is 11.2. The fraction of sp³-hybridized carbons (Fsp3) is 0.214. The summed E-state index contributed by atoms with van der Waals surface area (Å²) in [5.41, 5.74) is 0.935. The van der Waals surface area contributed by atoms with E-state index in [0.29, 0.717) is 32.3 Å². The molecular weight excluding hydrogens is 346 g/mol. The van der Waals surface area contributed by atoms with Gasteiger partial charge in [0, 0.05) is 11.8 Å². The number of aliphatic hydroxyl groups excluding tert-OH is 1. The van der Waals surface area contributed by atoms with Gasteiger partial charge < -0.3 is 14.6 Å². The second-order valence-corrected chi connectivity index (χ2v) is 5.18. The molecule has 0 spiro atoms. The van der Waals surface area contributed by atoms with Gasteiger partial charge in [-0.05, 0) is 40.2 Å². The van der Waals surface area contributed by atoms with Gasteiger partial charge in [-0.1, -0.05) is 11.6 Å². The van der Waals surface area contributed by atoms with Crippen molar-refractivity contribution >= 4 is 27.5 Å². The fourth-order valence-electron chi connectivity index (χ4n) is 1.88. The van der Waals surface area contributed by atoms with E-state index in [1.165, 1.54) is 7.11 Å². The molecule has 0 bridgehead atoms. The second-order valence-electron chi connectivity index (χ2n) is 3.98. The number of aliphatic hydroxyl groups is 1. The molecule has 1 atom stereocenters. The maximum atomic E-state index is 10.5. The zero-order chi connectivity index (χ0) is 14.7. The van der Waals surface area contributed by atoms with E-state index in [-0.39, 0.29) is 0 Å². The third kappa shape index (κ3) is 2.75. The van der Waals surface area contributed by atoms with E-state index in [0.717, 1.165) is 0 Å². The van der Waals surface area contributed by atoms with Crippen molar-refractivity contribution in [2.24, 2.45) is 0 Å². The minimum atomic E-state index is -0.985. The molecule has 1 aromatic heterocycles. The molecule has 6 heteroatoms. The first kappa shape index (κ1) is 15.1. The number of methoxy groups -OCH3 is 2. The van der Waals surface area contributed by atoms with Gasteiger partial charge >= 0.3 is 0 Å². The Labute approximate surface area is 130 Å². The number of aromatic nitrogens is 1. The molecule has 0 saturated heterocycles. The van der Waals surface area contributed by atoms with Gasteiger partial charge in [-0.2, -0.15) is 0 Å². The lowest BCUT2D eigenvalue weighted by atomic mass is 10.0. The monoisotopic (exact) mass is 357 g/mol. The summed E-state index contributed by atoms with van der Waals surface area (Å²) in [7, 11) is 3.08. The second kappa shape index (κ2) is 6.43.